The van der Waals surface area contributed by atoms with Crippen molar-refractivity contribution in [1.29, 1.82) is 0 Å². The van der Waals surface area contributed by atoms with E-state index in [4.69, 9.17) is 4.74 Å². The van der Waals surface area contributed by atoms with Crippen LogP contribution in [-0.4, -0.2) is 51.3 Å². The summed E-state index contributed by atoms with van der Waals surface area (Å²) in [5, 5.41) is 3.28. The van der Waals surface area contributed by atoms with Gasteiger partial charge in [-0.2, -0.15) is 0 Å². The molecule has 1 aliphatic heterocycles. The van der Waals surface area contributed by atoms with Gasteiger partial charge >= 0.3 is 0 Å². The lowest BCUT2D eigenvalue weighted by Crippen LogP contribution is -2.40. The van der Waals surface area contributed by atoms with Crippen LogP contribution < -0.4 is 5.32 Å². The fraction of sp³-hybridized carbons (Fsp3) is 1.00. The molecule has 0 aliphatic carbocycles. The first-order valence-corrected chi connectivity index (χ1v) is 6.81. The van der Waals surface area contributed by atoms with Crippen molar-refractivity contribution in [2.45, 2.75) is 32.6 Å². The van der Waals surface area contributed by atoms with Crippen LogP contribution in [0.1, 0.15) is 32.6 Å². The molecule has 3 nitrogen and oxygen atoms in total. The molecule has 1 rings (SSSR count). The van der Waals surface area contributed by atoms with Crippen molar-refractivity contribution in [2.24, 2.45) is 5.92 Å². The highest BCUT2D eigenvalue weighted by molar-refractivity contribution is 4.73. The Morgan fingerprint density at radius 1 is 1.38 bits per heavy atom. The Balaban J connectivity index is 2.02. The summed E-state index contributed by atoms with van der Waals surface area (Å²) < 4.78 is 5.61. The molecule has 0 radical (unpaired) electrons. The molecule has 1 unspecified atom stereocenters. The molecule has 1 N–H and O–H groups in total. The van der Waals surface area contributed by atoms with Gasteiger partial charge in [-0.15, -0.1) is 0 Å². The summed E-state index contributed by atoms with van der Waals surface area (Å²) in [5.41, 5.74) is 0. The molecule has 0 aromatic heterocycles. The Hall–Kier alpha value is -0.120. The Bertz CT molecular complexity index is 162. The summed E-state index contributed by atoms with van der Waals surface area (Å²) in [6.07, 6.45) is 5.16. The maximum atomic E-state index is 5.61. The van der Waals surface area contributed by atoms with Crippen LogP contribution in [0.2, 0.25) is 0 Å². The number of nitrogens with one attached hydrogen (secondary N) is 1. The number of ether oxygens (including phenoxy) is 1. The number of likely N-dealkylation sites (tertiary alicyclic amines) is 1. The monoisotopic (exact) mass is 228 g/mol. The molecule has 1 aliphatic rings. The third-order valence-corrected chi connectivity index (χ3v) is 3.29. The average molecular weight is 228 g/mol. The minimum absolute atomic E-state index is 0.842. The minimum atomic E-state index is 0.842. The van der Waals surface area contributed by atoms with Crippen LogP contribution in [0.4, 0.5) is 0 Å². The van der Waals surface area contributed by atoms with Crippen LogP contribution >= 0.6 is 0 Å². The Labute approximate surface area is 101 Å². The third kappa shape index (κ3) is 5.83. The van der Waals surface area contributed by atoms with Crippen molar-refractivity contribution in [3.63, 3.8) is 0 Å². The maximum absolute atomic E-state index is 5.61. The lowest BCUT2D eigenvalue weighted by atomic mass is 9.98. The topological polar surface area (TPSA) is 24.5 Å². The molecule has 0 amide bonds. The van der Waals surface area contributed by atoms with E-state index in [2.05, 4.69) is 17.1 Å². The molecule has 3 heteroatoms. The number of nitrogens with zero attached hydrogens (tertiary/aromatic N) is 1. The Morgan fingerprint density at radius 3 is 3.00 bits per heavy atom. The number of unbranched alkanes of at least 4 members (excludes halogenated alkanes) is 1. The number of rotatable bonds is 8. The van der Waals surface area contributed by atoms with Crippen molar-refractivity contribution in [3.8, 4) is 0 Å². The zero-order valence-corrected chi connectivity index (χ0v) is 11.0. The molecule has 0 spiro atoms. The molecule has 1 atom stereocenters. The zero-order chi connectivity index (χ0) is 11.6. The fourth-order valence-corrected chi connectivity index (χ4v) is 2.35. The van der Waals surface area contributed by atoms with Gasteiger partial charge in [-0.05, 0) is 45.3 Å². The maximum Gasteiger partial charge on any atom is 0.0593 e. The first-order valence-electron chi connectivity index (χ1n) is 6.81. The SMILES string of the molecule is CCCCOCCN1CCCC(CNC)C1. The molecule has 1 fully saturated rings. The van der Waals surface area contributed by atoms with Crippen molar-refractivity contribution in [3.05, 3.63) is 0 Å². The first kappa shape index (κ1) is 13.9. The predicted octanol–water partition coefficient (Wildman–Crippen LogP) is 1.73. The number of piperidine rings is 1. The lowest BCUT2D eigenvalue weighted by molar-refractivity contribution is 0.0835. The van der Waals surface area contributed by atoms with E-state index < -0.39 is 0 Å². The summed E-state index contributed by atoms with van der Waals surface area (Å²) in [6, 6.07) is 0. The summed E-state index contributed by atoms with van der Waals surface area (Å²) >= 11 is 0. The zero-order valence-electron chi connectivity index (χ0n) is 11.0. The average Bonchev–Trinajstić information content (AvgIpc) is 2.30. The van der Waals surface area contributed by atoms with Crippen LogP contribution in [0.15, 0.2) is 0 Å². The molecule has 1 heterocycles. The summed E-state index contributed by atoms with van der Waals surface area (Å²) in [6.45, 7) is 8.83. The van der Waals surface area contributed by atoms with E-state index in [1.165, 1.54) is 38.8 Å². The Kier molecular flexibility index (Phi) is 7.81. The second-order valence-electron chi connectivity index (χ2n) is 4.83. The van der Waals surface area contributed by atoms with Gasteiger partial charge in [0.2, 0.25) is 0 Å². The third-order valence-electron chi connectivity index (χ3n) is 3.29. The van der Waals surface area contributed by atoms with Crippen LogP contribution in [0.3, 0.4) is 0 Å². The van der Waals surface area contributed by atoms with Crippen molar-refractivity contribution >= 4 is 0 Å². The van der Waals surface area contributed by atoms with E-state index in [0.717, 1.165) is 32.2 Å². The summed E-state index contributed by atoms with van der Waals surface area (Å²) in [4.78, 5) is 2.55. The van der Waals surface area contributed by atoms with E-state index >= 15 is 0 Å². The smallest absolute Gasteiger partial charge is 0.0593 e. The van der Waals surface area contributed by atoms with Gasteiger partial charge in [-0.25, -0.2) is 0 Å². The van der Waals surface area contributed by atoms with Crippen LogP contribution in [0.25, 0.3) is 0 Å². The summed E-state index contributed by atoms with van der Waals surface area (Å²) in [5.74, 6) is 0.842. The molecule has 0 aromatic carbocycles. The van der Waals surface area contributed by atoms with Gasteiger partial charge in [0.15, 0.2) is 0 Å². The quantitative estimate of drug-likeness (QED) is 0.640. The highest BCUT2D eigenvalue weighted by atomic mass is 16.5. The van der Waals surface area contributed by atoms with Gasteiger partial charge in [-0.1, -0.05) is 13.3 Å². The molecule has 1 saturated heterocycles. The summed E-state index contributed by atoms with van der Waals surface area (Å²) in [7, 11) is 2.05. The van der Waals surface area contributed by atoms with Crippen LogP contribution in [-0.2, 0) is 4.74 Å². The van der Waals surface area contributed by atoms with E-state index in [0.29, 0.717) is 0 Å². The molecule has 0 bridgehead atoms. The van der Waals surface area contributed by atoms with Gasteiger partial charge in [0.1, 0.15) is 0 Å². The van der Waals surface area contributed by atoms with Gasteiger partial charge in [-0.3, -0.25) is 0 Å². The normalized spacial score (nSPS) is 22.5. The Morgan fingerprint density at radius 2 is 2.25 bits per heavy atom. The van der Waals surface area contributed by atoms with Crippen molar-refractivity contribution < 1.29 is 4.74 Å². The van der Waals surface area contributed by atoms with Crippen LogP contribution in [0.5, 0.6) is 0 Å². The van der Waals surface area contributed by atoms with E-state index in [9.17, 15) is 0 Å². The lowest BCUT2D eigenvalue weighted by Gasteiger charge is -2.32. The highest BCUT2D eigenvalue weighted by Gasteiger charge is 2.18. The second kappa shape index (κ2) is 8.97. The molecular weight excluding hydrogens is 200 g/mol. The molecule has 16 heavy (non-hydrogen) atoms. The molecule has 96 valence electrons. The van der Waals surface area contributed by atoms with E-state index in [-0.39, 0.29) is 0 Å². The van der Waals surface area contributed by atoms with Gasteiger partial charge < -0.3 is 15.0 Å². The van der Waals surface area contributed by atoms with Gasteiger partial charge in [0, 0.05) is 19.7 Å². The molecule has 0 saturated carbocycles. The first-order chi connectivity index (χ1) is 7.86. The van der Waals surface area contributed by atoms with Crippen molar-refractivity contribution in [1.82, 2.24) is 10.2 Å². The van der Waals surface area contributed by atoms with Gasteiger partial charge in [0.25, 0.3) is 0 Å². The minimum Gasteiger partial charge on any atom is -0.380 e. The highest BCUT2D eigenvalue weighted by Crippen LogP contribution is 2.15. The number of hydrogen-bond donors (Lipinski definition) is 1. The van der Waals surface area contributed by atoms with Gasteiger partial charge in [0.05, 0.1) is 6.61 Å². The second-order valence-corrected chi connectivity index (χ2v) is 4.83. The van der Waals surface area contributed by atoms with Crippen LogP contribution in [0, 0.1) is 5.92 Å². The van der Waals surface area contributed by atoms with Crippen molar-refractivity contribution in [2.75, 3.05) is 46.4 Å². The number of hydrogen-bond acceptors (Lipinski definition) is 3. The largest absolute Gasteiger partial charge is 0.380 e. The standard InChI is InChI=1S/C13H28N2O/c1-3-4-9-16-10-8-15-7-5-6-13(12-15)11-14-2/h13-14H,3-12H2,1-2H3. The molecular formula is C13H28N2O. The molecule has 0 aromatic rings. The fourth-order valence-electron chi connectivity index (χ4n) is 2.35. The predicted molar refractivity (Wildman–Crippen MR) is 68.8 cm³/mol. The van der Waals surface area contributed by atoms with E-state index in [1.54, 1.807) is 0 Å². The van der Waals surface area contributed by atoms with E-state index in [1.807, 2.05) is 7.05 Å².